The number of Topliss-reactive ketones (excluding diaryl/α,β-unsaturated/α-hetero) is 1. The second kappa shape index (κ2) is 7.60. The third-order valence-electron chi connectivity index (χ3n) is 4.92. The van der Waals surface area contributed by atoms with Crippen molar-refractivity contribution in [1.29, 1.82) is 0 Å². The summed E-state index contributed by atoms with van der Waals surface area (Å²) in [5.41, 5.74) is 1.61. The van der Waals surface area contributed by atoms with Crippen LogP contribution in [0.5, 0.6) is 0 Å². The van der Waals surface area contributed by atoms with E-state index in [4.69, 9.17) is 0 Å². The minimum absolute atomic E-state index is 0.00971. The molecule has 4 rings (SSSR count). The van der Waals surface area contributed by atoms with Crippen molar-refractivity contribution in [1.82, 2.24) is 9.88 Å². The highest BCUT2D eigenvalue weighted by atomic mass is 32.1. The number of aromatic nitrogens is 1. The Kier molecular flexibility index (Phi) is 5.03. The molecule has 2 aromatic rings. The van der Waals surface area contributed by atoms with E-state index >= 15 is 0 Å². The van der Waals surface area contributed by atoms with Crippen molar-refractivity contribution in [3.63, 3.8) is 0 Å². The SMILES string of the molecule is O=C(CCC(=O)N1CCc2nc(NC(=O)C3CC3)sc2C1)c1ccccc1. The van der Waals surface area contributed by atoms with Gasteiger partial charge in [0.2, 0.25) is 11.8 Å². The molecule has 1 aliphatic heterocycles. The van der Waals surface area contributed by atoms with Gasteiger partial charge >= 0.3 is 0 Å². The van der Waals surface area contributed by atoms with Crippen molar-refractivity contribution in [2.75, 3.05) is 11.9 Å². The molecule has 2 amide bonds. The topological polar surface area (TPSA) is 79.4 Å². The Labute approximate surface area is 161 Å². The number of carbonyl (C=O) groups excluding carboxylic acids is 3. The number of nitrogens with zero attached hydrogens (tertiary/aromatic N) is 2. The number of fused-ring (bicyclic) bond motifs is 1. The second-order valence-corrected chi connectivity index (χ2v) is 8.09. The van der Waals surface area contributed by atoms with Crippen molar-refractivity contribution >= 4 is 34.1 Å². The lowest BCUT2D eigenvalue weighted by Gasteiger charge is -2.26. The van der Waals surface area contributed by atoms with Gasteiger partial charge in [0.15, 0.2) is 10.9 Å². The van der Waals surface area contributed by atoms with Gasteiger partial charge in [-0.2, -0.15) is 0 Å². The molecule has 1 fully saturated rings. The molecule has 0 unspecified atom stereocenters. The zero-order valence-electron chi connectivity index (χ0n) is 14.9. The molecule has 0 atom stereocenters. The zero-order valence-corrected chi connectivity index (χ0v) is 15.8. The summed E-state index contributed by atoms with van der Waals surface area (Å²) in [5.74, 6) is 0.172. The van der Waals surface area contributed by atoms with Crippen LogP contribution in [0.2, 0.25) is 0 Å². The van der Waals surface area contributed by atoms with Gasteiger partial charge in [0.05, 0.1) is 12.2 Å². The lowest BCUT2D eigenvalue weighted by atomic mass is 10.1. The zero-order chi connectivity index (χ0) is 18.8. The van der Waals surface area contributed by atoms with Crippen molar-refractivity contribution in [3.8, 4) is 0 Å². The van der Waals surface area contributed by atoms with Crippen molar-refractivity contribution in [3.05, 3.63) is 46.5 Å². The minimum Gasteiger partial charge on any atom is -0.337 e. The molecule has 2 aliphatic rings. The van der Waals surface area contributed by atoms with Crippen LogP contribution < -0.4 is 5.32 Å². The fourth-order valence-corrected chi connectivity index (χ4v) is 4.19. The minimum atomic E-state index is -0.0121. The number of hydrogen-bond donors (Lipinski definition) is 1. The monoisotopic (exact) mass is 383 g/mol. The Morgan fingerprint density at radius 3 is 2.67 bits per heavy atom. The Hall–Kier alpha value is -2.54. The van der Waals surface area contributed by atoms with Crippen LogP contribution in [-0.4, -0.2) is 34.0 Å². The predicted octanol–water partition coefficient (Wildman–Crippen LogP) is 3.04. The molecular formula is C20H21N3O3S. The highest BCUT2D eigenvalue weighted by Crippen LogP contribution is 2.33. The van der Waals surface area contributed by atoms with Gasteiger partial charge in [-0.05, 0) is 12.8 Å². The quantitative estimate of drug-likeness (QED) is 0.778. The van der Waals surface area contributed by atoms with Crippen molar-refractivity contribution in [2.45, 2.75) is 38.6 Å². The van der Waals surface area contributed by atoms with Crippen LogP contribution >= 0.6 is 11.3 Å². The fraction of sp³-hybridized carbons (Fsp3) is 0.400. The number of hydrogen-bond acceptors (Lipinski definition) is 5. The summed E-state index contributed by atoms with van der Waals surface area (Å²) in [4.78, 5) is 43.9. The summed E-state index contributed by atoms with van der Waals surface area (Å²) in [6, 6.07) is 9.06. The second-order valence-electron chi connectivity index (χ2n) is 7.01. The van der Waals surface area contributed by atoms with Gasteiger partial charge in [-0.1, -0.05) is 41.7 Å². The molecule has 0 saturated heterocycles. The smallest absolute Gasteiger partial charge is 0.229 e. The summed E-state index contributed by atoms with van der Waals surface area (Å²) in [6.45, 7) is 1.11. The van der Waals surface area contributed by atoms with E-state index in [1.54, 1.807) is 17.0 Å². The third-order valence-corrected chi connectivity index (χ3v) is 5.92. The predicted molar refractivity (Wildman–Crippen MR) is 103 cm³/mol. The largest absolute Gasteiger partial charge is 0.337 e. The third kappa shape index (κ3) is 4.24. The number of amides is 2. The normalized spacial score (nSPS) is 15.9. The van der Waals surface area contributed by atoms with E-state index < -0.39 is 0 Å². The molecule has 1 N–H and O–H groups in total. The van der Waals surface area contributed by atoms with Gasteiger partial charge in [-0.3, -0.25) is 14.4 Å². The first-order valence-corrected chi connectivity index (χ1v) is 10.1. The van der Waals surface area contributed by atoms with Gasteiger partial charge in [0.25, 0.3) is 0 Å². The maximum atomic E-state index is 12.5. The molecular weight excluding hydrogens is 362 g/mol. The van der Waals surface area contributed by atoms with E-state index in [1.807, 2.05) is 18.2 Å². The van der Waals surface area contributed by atoms with Gasteiger partial charge in [-0.15, -0.1) is 0 Å². The van der Waals surface area contributed by atoms with E-state index in [0.29, 0.717) is 30.2 Å². The Balaban J connectivity index is 1.32. The van der Waals surface area contributed by atoms with E-state index in [0.717, 1.165) is 23.4 Å². The van der Waals surface area contributed by atoms with E-state index in [-0.39, 0.29) is 36.4 Å². The Morgan fingerprint density at radius 1 is 1.15 bits per heavy atom. The maximum Gasteiger partial charge on any atom is 0.229 e. The molecule has 7 heteroatoms. The molecule has 0 spiro atoms. The van der Waals surface area contributed by atoms with E-state index in [2.05, 4.69) is 10.3 Å². The van der Waals surface area contributed by atoms with Crippen LogP contribution in [0.25, 0.3) is 0 Å². The highest BCUT2D eigenvalue weighted by molar-refractivity contribution is 7.15. The molecule has 6 nitrogen and oxygen atoms in total. The van der Waals surface area contributed by atoms with Crippen LogP contribution in [0, 0.1) is 5.92 Å². The Morgan fingerprint density at radius 2 is 1.93 bits per heavy atom. The first kappa shape index (κ1) is 17.9. The lowest BCUT2D eigenvalue weighted by molar-refractivity contribution is -0.132. The van der Waals surface area contributed by atoms with Crippen LogP contribution in [-0.2, 0) is 22.6 Å². The number of anilines is 1. The number of nitrogens with one attached hydrogen (secondary N) is 1. The fourth-order valence-electron chi connectivity index (χ4n) is 3.16. The van der Waals surface area contributed by atoms with Crippen LogP contribution in [0.4, 0.5) is 5.13 Å². The number of thiazole rings is 1. The van der Waals surface area contributed by atoms with Gasteiger partial charge in [0.1, 0.15) is 0 Å². The molecule has 27 heavy (non-hydrogen) atoms. The number of carbonyl (C=O) groups is 3. The van der Waals surface area contributed by atoms with E-state index in [1.165, 1.54) is 11.3 Å². The average molecular weight is 383 g/mol. The Bertz CT molecular complexity index is 874. The molecule has 1 aromatic carbocycles. The lowest BCUT2D eigenvalue weighted by Crippen LogP contribution is -2.35. The summed E-state index contributed by atoms with van der Waals surface area (Å²) < 4.78 is 0. The summed E-state index contributed by atoms with van der Waals surface area (Å²) in [7, 11) is 0. The first-order chi connectivity index (χ1) is 13.1. The molecule has 1 aromatic heterocycles. The summed E-state index contributed by atoms with van der Waals surface area (Å²) in [5, 5.41) is 3.51. The molecule has 1 aliphatic carbocycles. The van der Waals surface area contributed by atoms with Crippen molar-refractivity contribution < 1.29 is 14.4 Å². The van der Waals surface area contributed by atoms with Crippen molar-refractivity contribution in [2.24, 2.45) is 5.92 Å². The molecule has 0 radical (unpaired) electrons. The van der Waals surface area contributed by atoms with Crippen LogP contribution in [0.1, 0.15) is 46.6 Å². The molecule has 2 heterocycles. The van der Waals surface area contributed by atoms with Gasteiger partial charge in [-0.25, -0.2) is 4.98 Å². The highest BCUT2D eigenvalue weighted by Gasteiger charge is 2.31. The number of ketones is 1. The molecule has 1 saturated carbocycles. The molecule has 0 bridgehead atoms. The summed E-state index contributed by atoms with van der Waals surface area (Å²) in [6.07, 6.45) is 3.04. The number of benzene rings is 1. The summed E-state index contributed by atoms with van der Waals surface area (Å²) >= 11 is 1.45. The van der Waals surface area contributed by atoms with Crippen LogP contribution in [0.15, 0.2) is 30.3 Å². The number of rotatable bonds is 6. The standard InChI is InChI=1S/C20H21N3O3S/c24-16(13-4-2-1-3-5-13)8-9-18(25)23-11-10-15-17(12-23)27-20(21-15)22-19(26)14-6-7-14/h1-5,14H,6-12H2,(H,21,22,26). The maximum absolute atomic E-state index is 12.5. The van der Waals surface area contributed by atoms with Crippen LogP contribution in [0.3, 0.4) is 0 Å². The van der Waals surface area contributed by atoms with Gasteiger partial charge in [0, 0.05) is 42.2 Å². The van der Waals surface area contributed by atoms with Gasteiger partial charge < -0.3 is 10.2 Å². The first-order valence-electron chi connectivity index (χ1n) is 9.25. The van der Waals surface area contributed by atoms with E-state index in [9.17, 15) is 14.4 Å². The average Bonchev–Trinajstić information content (AvgIpc) is 3.46. The molecule has 140 valence electrons.